The normalized spacial score (nSPS) is 28.7. The van der Waals surface area contributed by atoms with Gasteiger partial charge in [0.1, 0.15) is 24.4 Å². The van der Waals surface area contributed by atoms with Crippen molar-refractivity contribution in [3.05, 3.63) is 36.3 Å². The Kier molecular flexibility index (Phi) is 3.05. The van der Waals surface area contributed by atoms with Crippen LogP contribution in [-0.4, -0.2) is 60.0 Å². The summed E-state index contributed by atoms with van der Waals surface area (Å²) in [5, 5.41) is 43.4. The summed E-state index contributed by atoms with van der Waals surface area (Å²) in [5.74, 6) is 0.295. The lowest BCUT2D eigenvalue weighted by Gasteiger charge is -2.12. The number of ether oxygens (including phenoxy) is 1. The fourth-order valence-electron chi connectivity index (χ4n) is 2.80. The van der Waals surface area contributed by atoms with Crippen molar-refractivity contribution >= 4 is 16.4 Å². The molecule has 0 aliphatic carbocycles. The topological polar surface area (TPSA) is 113 Å². The molecule has 0 amide bonds. The van der Waals surface area contributed by atoms with E-state index in [-0.39, 0.29) is 6.61 Å². The summed E-state index contributed by atoms with van der Waals surface area (Å²) in [6, 6.07) is 7.62. The molecule has 1 fully saturated rings. The van der Waals surface area contributed by atoms with Crippen molar-refractivity contribution in [1.29, 1.82) is 0 Å². The van der Waals surface area contributed by atoms with Crippen LogP contribution in [0.3, 0.4) is 0 Å². The van der Waals surface area contributed by atoms with Gasteiger partial charge in [-0.2, -0.15) is 9.61 Å². The number of benzene rings is 1. The number of nitrogens with zero attached hydrogens (tertiary/aromatic N) is 4. The number of aliphatic hydroxyl groups excluding tert-OH is 3. The molecule has 0 spiro atoms. The molecular weight excluding hydrogens is 288 g/mol. The van der Waals surface area contributed by atoms with Gasteiger partial charge >= 0.3 is 0 Å². The zero-order chi connectivity index (χ0) is 15.3. The van der Waals surface area contributed by atoms with Crippen molar-refractivity contribution in [1.82, 2.24) is 19.8 Å². The number of aliphatic hydroxyl groups is 3. The van der Waals surface area contributed by atoms with E-state index in [1.807, 2.05) is 24.3 Å². The van der Waals surface area contributed by atoms with Gasteiger partial charge in [-0.05, 0) is 0 Å². The fraction of sp³-hybridized carbons (Fsp3) is 0.357. The van der Waals surface area contributed by atoms with Crippen molar-refractivity contribution in [3.8, 4) is 0 Å². The second kappa shape index (κ2) is 4.96. The average Bonchev–Trinajstić information content (AvgIpc) is 3.10. The van der Waals surface area contributed by atoms with E-state index in [9.17, 15) is 10.2 Å². The van der Waals surface area contributed by atoms with Crippen molar-refractivity contribution in [3.63, 3.8) is 0 Å². The van der Waals surface area contributed by atoms with E-state index in [0.717, 1.165) is 10.8 Å². The minimum absolute atomic E-state index is 0.295. The zero-order valence-corrected chi connectivity index (χ0v) is 11.4. The molecule has 114 valence electrons. The summed E-state index contributed by atoms with van der Waals surface area (Å²) in [4.78, 5) is 0. The number of fused-ring (bicyclic) bond motifs is 3. The van der Waals surface area contributed by atoms with Gasteiger partial charge in [-0.1, -0.05) is 24.3 Å². The predicted octanol–water partition coefficient (Wildman–Crippen LogP) is -0.569. The van der Waals surface area contributed by atoms with E-state index >= 15 is 0 Å². The van der Waals surface area contributed by atoms with Crippen LogP contribution in [0, 0.1) is 0 Å². The summed E-state index contributed by atoms with van der Waals surface area (Å²) in [7, 11) is 0. The van der Waals surface area contributed by atoms with Gasteiger partial charge in [0.05, 0.1) is 12.8 Å². The van der Waals surface area contributed by atoms with Crippen molar-refractivity contribution in [2.45, 2.75) is 24.4 Å². The van der Waals surface area contributed by atoms with Gasteiger partial charge in [0.2, 0.25) is 0 Å². The number of aromatic nitrogens is 4. The van der Waals surface area contributed by atoms with E-state index in [1.165, 1.54) is 4.52 Å². The molecule has 3 heterocycles. The number of rotatable bonds is 2. The summed E-state index contributed by atoms with van der Waals surface area (Å²) in [5.41, 5.74) is 0.547. The largest absolute Gasteiger partial charge is 0.394 e. The molecule has 1 aliphatic heterocycles. The van der Waals surface area contributed by atoms with Gasteiger partial charge in [-0.3, -0.25) is 0 Å². The summed E-state index contributed by atoms with van der Waals surface area (Å²) < 4.78 is 6.98. The highest BCUT2D eigenvalue weighted by Crippen LogP contribution is 2.33. The molecule has 1 aromatic carbocycles. The summed E-state index contributed by atoms with van der Waals surface area (Å²) in [6.07, 6.45) is -2.44. The number of hydrogen-bond donors (Lipinski definition) is 3. The van der Waals surface area contributed by atoms with E-state index in [4.69, 9.17) is 9.84 Å². The quantitative estimate of drug-likeness (QED) is 0.581. The van der Waals surface area contributed by atoms with Crippen LogP contribution in [0.15, 0.2) is 30.5 Å². The molecule has 22 heavy (non-hydrogen) atoms. The maximum Gasteiger partial charge on any atom is 0.186 e. The Balaban J connectivity index is 1.85. The lowest BCUT2D eigenvalue weighted by Crippen LogP contribution is -2.32. The first-order valence-electron chi connectivity index (χ1n) is 6.92. The van der Waals surface area contributed by atoms with Crippen LogP contribution in [0.5, 0.6) is 0 Å². The molecular formula is C14H14N4O4. The SMILES string of the molecule is OCC1OC(c2nnc3c4ccccc4cnn23)C(O)C1O. The molecule has 8 heteroatoms. The fourth-order valence-corrected chi connectivity index (χ4v) is 2.80. The molecule has 1 saturated heterocycles. The zero-order valence-electron chi connectivity index (χ0n) is 11.4. The van der Waals surface area contributed by atoms with E-state index in [0.29, 0.717) is 11.5 Å². The molecule has 4 rings (SSSR count). The molecule has 4 unspecified atom stereocenters. The molecule has 0 radical (unpaired) electrons. The Morgan fingerprint density at radius 2 is 1.95 bits per heavy atom. The van der Waals surface area contributed by atoms with E-state index in [1.54, 1.807) is 6.20 Å². The maximum absolute atomic E-state index is 10.1. The molecule has 2 aromatic heterocycles. The third-order valence-electron chi connectivity index (χ3n) is 3.98. The van der Waals surface area contributed by atoms with E-state index in [2.05, 4.69) is 15.3 Å². The lowest BCUT2D eigenvalue weighted by molar-refractivity contribution is -0.0258. The molecule has 8 nitrogen and oxygen atoms in total. The highest BCUT2D eigenvalue weighted by molar-refractivity contribution is 5.92. The second-order valence-corrected chi connectivity index (χ2v) is 5.28. The Morgan fingerprint density at radius 3 is 2.73 bits per heavy atom. The first-order chi connectivity index (χ1) is 10.7. The van der Waals surface area contributed by atoms with Gasteiger partial charge in [0.15, 0.2) is 11.5 Å². The van der Waals surface area contributed by atoms with Crippen LogP contribution in [-0.2, 0) is 4.74 Å². The monoisotopic (exact) mass is 302 g/mol. The van der Waals surface area contributed by atoms with Gasteiger partial charge < -0.3 is 20.1 Å². The highest BCUT2D eigenvalue weighted by Gasteiger charge is 2.45. The maximum atomic E-state index is 10.1. The summed E-state index contributed by atoms with van der Waals surface area (Å²) >= 11 is 0. The lowest BCUT2D eigenvalue weighted by atomic mass is 10.1. The first-order valence-corrected chi connectivity index (χ1v) is 6.92. The van der Waals surface area contributed by atoms with Crippen molar-refractivity contribution in [2.24, 2.45) is 0 Å². The molecule has 0 saturated carbocycles. The second-order valence-electron chi connectivity index (χ2n) is 5.28. The predicted molar refractivity (Wildman–Crippen MR) is 75.0 cm³/mol. The van der Waals surface area contributed by atoms with Crippen LogP contribution in [0.4, 0.5) is 0 Å². The van der Waals surface area contributed by atoms with Crippen LogP contribution >= 0.6 is 0 Å². The summed E-state index contributed by atoms with van der Waals surface area (Å²) in [6.45, 7) is -0.387. The van der Waals surface area contributed by atoms with Crippen molar-refractivity contribution in [2.75, 3.05) is 6.61 Å². The third-order valence-corrected chi connectivity index (χ3v) is 3.98. The van der Waals surface area contributed by atoms with Gasteiger partial charge in [-0.25, -0.2) is 0 Å². The average molecular weight is 302 g/mol. The Labute approximate surface area is 124 Å². The van der Waals surface area contributed by atoms with Crippen LogP contribution in [0.1, 0.15) is 11.9 Å². The molecule has 0 bridgehead atoms. The van der Waals surface area contributed by atoms with Gasteiger partial charge in [-0.15, -0.1) is 10.2 Å². The smallest absolute Gasteiger partial charge is 0.186 e. The van der Waals surface area contributed by atoms with Crippen molar-refractivity contribution < 1.29 is 20.1 Å². The minimum atomic E-state index is -1.20. The van der Waals surface area contributed by atoms with Crippen LogP contribution < -0.4 is 0 Å². The van der Waals surface area contributed by atoms with Crippen LogP contribution in [0.25, 0.3) is 16.4 Å². The molecule has 4 atom stereocenters. The van der Waals surface area contributed by atoms with Gasteiger partial charge in [0, 0.05) is 10.8 Å². The third kappa shape index (κ3) is 1.82. The Hall–Kier alpha value is -2.13. The molecule has 3 N–H and O–H groups in total. The molecule has 3 aromatic rings. The number of hydrogen-bond acceptors (Lipinski definition) is 7. The Morgan fingerprint density at radius 1 is 1.14 bits per heavy atom. The molecule has 1 aliphatic rings. The van der Waals surface area contributed by atoms with Gasteiger partial charge in [0.25, 0.3) is 0 Å². The Bertz CT molecular complexity index is 836. The first kappa shape index (κ1) is 13.5. The minimum Gasteiger partial charge on any atom is -0.394 e. The highest BCUT2D eigenvalue weighted by atomic mass is 16.6. The van der Waals surface area contributed by atoms with E-state index < -0.39 is 24.4 Å². The standard InChI is InChI=1S/C14H14N4O4/c19-6-9-10(20)11(21)12(22-9)14-17-16-13-8-4-2-1-3-7(8)5-15-18(13)14/h1-5,9-12,19-21H,6H2. The van der Waals surface area contributed by atoms with Crippen LogP contribution in [0.2, 0.25) is 0 Å².